The average molecular weight is 448 g/mol. The maximum absolute atomic E-state index is 13.0. The largest absolute Gasteiger partial charge is 0.489 e. The summed E-state index contributed by atoms with van der Waals surface area (Å²) in [7, 11) is 0. The maximum atomic E-state index is 13.0. The number of halogens is 1. The number of nitrogens with zero attached hydrogens (tertiary/aromatic N) is 1. The normalized spacial score (nSPS) is 15.7. The number of carboxylic acids is 1. The van der Waals surface area contributed by atoms with Crippen LogP contribution in [0.1, 0.15) is 21.5 Å². The lowest BCUT2D eigenvalue weighted by atomic mass is 10.1. The van der Waals surface area contributed by atoms with E-state index in [9.17, 15) is 14.0 Å². The zero-order chi connectivity index (χ0) is 22.5. The number of nitrogens with one attached hydrogen (secondary N) is 1. The van der Waals surface area contributed by atoms with Crippen LogP contribution in [0.2, 0.25) is 0 Å². The van der Waals surface area contributed by atoms with Crippen molar-refractivity contribution >= 4 is 40.6 Å². The van der Waals surface area contributed by atoms with Crippen LogP contribution < -0.4 is 10.1 Å². The van der Waals surface area contributed by atoms with Gasteiger partial charge in [0.2, 0.25) is 0 Å². The van der Waals surface area contributed by atoms with E-state index in [4.69, 9.17) is 9.84 Å². The molecule has 1 heterocycles. The van der Waals surface area contributed by atoms with Crippen molar-refractivity contribution in [2.45, 2.75) is 6.61 Å². The van der Waals surface area contributed by atoms with Crippen molar-refractivity contribution in [3.63, 3.8) is 0 Å². The maximum Gasteiger partial charge on any atom is 0.335 e. The molecule has 0 spiro atoms. The van der Waals surface area contributed by atoms with Crippen LogP contribution in [0.4, 0.5) is 10.1 Å². The molecule has 3 aromatic carbocycles. The number of amides is 1. The van der Waals surface area contributed by atoms with Crippen LogP contribution in [0.3, 0.4) is 0 Å². The first-order chi connectivity index (χ1) is 15.5. The number of carboxylic acid groups (broad SMARTS) is 1. The topological polar surface area (TPSA) is 88.0 Å². The van der Waals surface area contributed by atoms with Gasteiger partial charge in [0.15, 0.2) is 5.17 Å². The molecule has 2 N–H and O–H groups in total. The van der Waals surface area contributed by atoms with E-state index in [1.165, 1.54) is 42.1 Å². The minimum atomic E-state index is -0.982. The number of thioether (sulfide) groups is 1. The Labute approximate surface area is 187 Å². The molecule has 0 atom stereocenters. The van der Waals surface area contributed by atoms with Crippen molar-refractivity contribution in [3.05, 3.63) is 100 Å². The fourth-order valence-electron chi connectivity index (χ4n) is 2.89. The predicted molar refractivity (Wildman–Crippen MR) is 121 cm³/mol. The summed E-state index contributed by atoms with van der Waals surface area (Å²) in [6.07, 6.45) is 1.74. The summed E-state index contributed by atoms with van der Waals surface area (Å²) >= 11 is 1.21. The number of hydrogen-bond donors (Lipinski definition) is 2. The lowest BCUT2D eigenvalue weighted by molar-refractivity contribution is -0.115. The molecule has 6 nitrogen and oxygen atoms in total. The molecule has 160 valence electrons. The van der Waals surface area contributed by atoms with Crippen molar-refractivity contribution in [1.29, 1.82) is 0 Å². The van der Waals surface area contributed by atoms with Gasteiger partial charge in [0, 0.05) is 0 Å². The molecule has 1 saturated heterocycles. The van der Waals surface area contributed by atoms with Crippen molar-refractivity contribution in [3.8, 4) is 5.75 Å². The van der Waals surface area contributed by atoms with Gasteiger partial charge in [0.05, 0.1) is 16.2 Å². The molecule has 32 heavy (non-hydrogen) atoms. The summed E-state index contributed by atoms with van der Waals surface area (Å²) in [5.41, 5.74) is 2.32. The second-order valence-corrected chi connectivity index (χ2v) is 7.85. The van der Waals surface area contributed by atoms with Crippen LogP contribution in [0.5, 0.6) is 5.75 Å². The van der Waals surface area contributed by atoms with Crippen LogP contribution in [0.25, 0.3) is 6.08 Å². The Morgan fingerprint density at radius 2 is 1.84 bits per heavy atom. The van der Waals surface area contributed by atoms with Gasteiger partial charge in [0.1, 0.15) is 18.2 Å². The Morgan fingerprint density at radius 3 is 2.56 bits per heavy atom. The highest BCUT2D eigenvalue weighted by Crippen LogP contribution is 2.28. The Morgan fingerprint density at radius 1 is 1.09 bits per heavy atom. The lowest BCUT2D eigenvalue weighted by Gasteiger charge is -2.07. The smallest absolute Gasteiger partial charge is 0.335 e. The first kappa shape index (κ1) is 21.3. The Kier molecular flexibility index (Phi) is 6.32. The van der Waals surface area contributed by atoms with Crippen molar-refractivity contribution in [2.24, 2.45) is 4.99 Å². The number of carbonyl (C=O) groups is 2. The summed E-state index contributed by atoms with van der Waals surface area (Å²) in [5.74, 6) is -0.966. The minimum Gasteiger partial charge on any atom is -0.489 e. The number of ether oxygens (including phenoxy) is 1. The van der Waals surface area contributed by atoms with Gasteiger partial charge in [-0.05, 0) is 77.5 Å². The highest BCUT2D eigenvalue weighted by Gasteiger charge is 2.23. The Bertz CT molecular complexity index is 1220. The number of benzene rings is 3. The molecule has 0 aromatic heterocycles. The molecule has 0 bridgehead atoms. The fourth-order valence-corrected chi connectivity index (χ4v) is 3.73. The van der Waals surface area contributed by atoms with E-state index >= 15 is 0 Å². The molecule has 0 saturated carbocycles. The van der Waals surface area contributed by atoms with E-state index in [2.05, 4.69) is 10.3 Å². The molecule has 4 rings (SSSR count). The summed E-state index contributed by atoms with van der Waals surface area (Å²) in [5, 5.41) is 12.2. The third kappa shape index (κ3) is 5.41. The summed E-state index contributed by atoms with van der Waals surface area (Å²) in [6.45, 7) is 0.239. The summed E-state index contributed by atoms with van der Waals surface area (Å²) in [6, 6.07) is 19.5. The monoisotopic (exact) mass is 448 g/mol. The van der Waals surface area contributed by atoms with Gasteiger partial charge in [0.25, 0.3) is 5.91 Å². The Hall–Kier alpha value is -3.91. The third-order valence-electron chi connectivity index (χ3n) is 4.47. The van der Waals surface area contributed by atoms with E-state index in [1.807, 2.05) is 12.1 Å². The second kappa shape index (κ2) is 9.49. The average Bonchev–Trinajstić information content (AvgIpc) is 3.13. The minimum absolute atomic E-state index is 0.211. The van der Waals surface area contributed by atoms with Crippen molar-refractivity contribution in [2.75, 3.05) is 0 Å². The van der Waals surface area contributed by atoms with Gasteiger partial charge in [-0.2, -0.15) is 0 Å². The van der Waals surface area contributed by atoms with Crippen LogP contribution in [0, 0.1) is 5.82 Å². The SMILES string of the molecule is O=C1NC(=Nc2ccc(F)cc2)S/C1=C/c1ccc(OCc2cccc(C(=O)O)c2)cc1. The first-order valence-corrected chi connectivity index (χ1v) is 10.4. The zero-order valence-electron chi connectivity index (χ0n) is 16.6. The summed E-state index contributed by atoms with van der Waals surface area (Å²) in [4.78, 5) is 28.1. The number of hydrogen-bond acceptors (Lipinski definition) is 5. The standard InChI is InChI=1S/C24H17FN2O4S/c25-18-6-8-19(9-7-18)26-24-27-22(28)21(32-24)13-15-4-10-20(11-5-15)31-14-16-2-1-3-17(12-16)23(29)30/h1-13H,14H2,(H,29,30)(H,26,27,28)/b21-13+. The van der Waals surface area contributed by atoms with Crippen LogP contribution >= 0.6 is 11.8 Å². The highest BCUT2D eigenvalue weighted by molar-refractivity contribution is 8.18. The molecular formula is C24H17FN2O4S. The van der Waals surface area contributed by atoms with E-state index in [0.29, 0.717) is 21.5 Å². The second-order valence-electron chi connectivity index (χ2n) is 6.82. The van der Waals surface area contributed by atoms with E-state index < -0.39 is 5.97 Å². The van der Waals surface area contributed by atoms with Gasteiger partial charge < -0.3 is 15.2 Å². The van der Waals surface area contributed by atoms with Gasteiger partial charge in [-0.15, -0.1) is 0 Å². The van der Waals surface area contributed by atoms with Crippen LogP contribution in [-0.2, 0) is 11.4 Å². The quantitative estimate of drug-likeness (QED) is 0.519. The van der Waals surface area contributed by atoms with Gasteiger partial charge in [-0.25, -0.2) is 14.2 Å². The molecule has 1 aliphatic rings. The number of carbonyl (C=O) groups excluding carboxylic acids is 1. The van der Waals surface area contributed by atoms with Gasteiger partial charge in [-0.1, -0.05) is 24.3 Å². The fraction of sp³-hybridized carbons (Fsp3) is 0.0417. The number of amidine groups is 1. The number of aliphatic imine (C=N–C) groups is 1. The predicted octanol–water partition coefficient (Wildman–Crippen LogP) is 4.99. The molecule has 0 unspecified atom stereocenters. The molecular weight excluding hydrogens is 431 g/mol. The molecule has 0 aliphatic carbocycles. The van der Waals surface area contributed by atoms with Crippen molar-refractivity contribution < 1.29 is 23.8 Å². The van der Waals surface area contributed by atoms with E-state index in [1.54, 1.807) is 36.4 Å². The lowest BCUT2D eigenvalue weighted by Crippen LogP contribution is -2.19. The van der Waals surface area contributed by atoms with Crippen LogP contribution in [-0.4, -0.2) is 22.2 Å². The van der Waals surface area contributed by atoms with Gasteiger partial charge >= 0.3 is 5.97 Å². The number of rotatable bonds is 6. The molecule has 0 radical (unpaired) electrons. The highest BCUT2D eigenvalue weighted by atomic mass is 32.2. The van der Waals surface area contributed by atoms with E-state index in [-0.39, 0.29) is 23.9 Å². The number of aromatic carboxylic acids is 1. The molecule has 3 aromatic rings. The van der Waals surface area contributed by atoms with Crippen molar-refractivity contribution in [1.82, 2.24) is 5.32 Å². The van der Waals surface area contributed by atoms with Crippen LogP contribution in [0.15, 0.2) is 82.7 Å². The zero-order valence-corrected chi connectivity index (χ0v) is 17.4. The molecule has 1 amide bonds. The molecule has 8 heteroatoms. The summed E-state index contributed by atoms with van der Waals surface area (Å²) < 4.78 is 18.7. The third-order valence-corrected chi connectivity index (χ3v) is 5.38. The van der Waals surface area contributed by atoms with Gasteiger partial charge in [-0.3, -0.25) is 4.79 Å². The Balaban J connectivity index is 1.39. The first-order valence-electron chi connectivity index (χ1n) is 9.56. The molecule has 1 fully saturated rings. The molecule has 1 aliphatic heterocycles. The van der Waals surface area contributed by atoms with E-state index in [0.717, 1.165) is 11.1 Å².